The molecule has 0 aromatic heterocycles. The van der Waals surface area contributed by atoms with E-state index >= 15 is 0 Å². The molecule has 2 rings (SSSR count). The topological polar surface area (TPSA) is 52.6 Å². The van der Waals surface area contributed by atoms with Crippen LogP contribution < -0.4 is 5.32 Å². The molecule has 4 nitrogen and oxygen atoms in total. The van der Waals surface area contributed by atoms with Gasteiger partial charge >= 0.3 is 6.03 Å². The maximum Gasteiger partial charge on any atom is 0.317 e. The second-order valence-corrected chi connectivity index (χ2v) is 5.47. The number of urea groups is 1. The number of nitrogens with one attached hydrogen (secondary N) is 1. The minimum Gasteiger partial charge on any atom is -0.396 e. The van der Waals surface area contributed by atoms with Crippen LogP contribution in [-0.4, -0.2) is 35.7 Å². The number of rotatable bonds is 6. The predicted octanol–water partition coefficient (Wildman–Crippen LogP) is 2.69. The van der Waals surface area contributed by atoms with E-state index in [1.807, 2.05) is 42.3 Å². The summed E-state index contributed by atoms with van der Waals surface area (Å²) in [6.45, 7) is 0.150. The van der Waals surface area contributed by atoms with Gasteiger partial charge in [0.25, 0.3) is 0 Å². The maximum absolute atomic E-state index is 12.3. The average molecular weight is 276 g/mol. The van der Waals surface area contributed by atoms with Gasteiger partial charge in [-0.05, 0) is 37.7 Å². The summed E-state index contributed by atoms with van der Waals surface area (Å²) in [5, 5.41) is 12.1. The molecule has 1 fully saturated rings. The van der Waals surface area contributed by atoms with E-state index in [-0.39, 0.29) is 18.7 Å². The molecule has 2 amide bonds. The summed E-state index contributed by atoms with van der Waals surface area (Å²) >= 11 is 0. The van der Waals surface area contributed by atoms with E-state index in [1.54, 1.807) is 0 Å². The summed E-state index contributed by atoms with van der Waals surface area (Å²) in [7, 11) is 1.87. The van der Waals surface area contributed by atoms with Gasteiger partial charge in [0.2, 0.25) is 0 Å². The first kappa shape index (κ1) is 14.9. The van der Waals surface area contributed by atoms with Crippen molar-refractivity contribution in [2.75, 3.05) is 13.7 Å². The van der Waals surface area contributed by atoms with Gasteiger partial charge in [0.15, 0.2) is 0 Å². The van der Waals surface area contributed by atoms with Crippen LogP contribution in [0.2, 0.25) is 0 Å². The van der Waals surface area contributed by atoms with E-state index in [0.29, 0.717) is 12.5 Å². The number of carbonyl (C=O) groups is 1. The standard InChI is InChI=1S/C16H24N2O2/c1-18(14-9-5-10-14)16(20)17-15(11-6-12-19)13-7-3-2-4-8-13/h2-4,7-8,14-15,19H,5-6,9-12H2,1H3,(H,17,20). The molecule has 0 aliphatic heterocycles. The first-order valence-corrected chi connectivity index (χ1v) is 7.41. The average Bonchev–Trinajstić information content (AvgIpc) is 2.42. The monoisotopic (exact) mass is 276 g/mol. The third-order valence-corrected chi connectivity index (χ3v) is 4.09. The number of carbonyl (C=O) groups excluding carboxylic acids is 1. The van der Waals surface area contributed by atoms with E-state index in [1.165, 1.54) is 6.42 Å². The molecule has 20 heavy (non-hydrogen) atoms. The highest BCUT2D eigenvalue weighted by atomic mass is 16.3. The van der Waals surface area contributed by atoms with Gasteiger partial charge in [-0.25, -0.2) is 4.79 Å². The highest BCUT2D eigenvalue weighted by Gasteiger charge is 2.26. The lowest BCUT2D eigenvalue weighted by atomic mass is 9.92. The van der Waals surface area contributed by atoms with Crippen molar-refractivity contribution in [3.63, 3.8) is 0 Å². The summed E-state index contributed by atoms with van der Waals surface area (Å²) in [6, 6.07) is 10.3. The number of aliphatic hydroxyl groups is 1. The Morgan fingerprint density at radius 2 is 2.10 bits per heavy atom. The zero-order valence-electron chi connectivity index (χ0n) is 12.1. The Morgan fingerprint density at radius 3 is 2.65 bits per heavy atom. The van der Waals surface area contributed by atoms with Crippen molar-refractivity contribution in [1.29, 1.82) is 0 Å². The van der Waals surface area contributed by atoms with E-state index < -0.39 is 0 Å². The summed E-state index contributed by atoms with van der Waals surface area (Å²) in [4.78, 5) is 14.1. The Bertz CT molecular complexity index is 418. The third kappa shape index (κ3) is 3.73. The van der Waals surface area contributed by atoms with Crippen molar-refractivity contribution in [2.24, 2.45) is 0 Å². The quantitative estimate of drug-likeness (QED) is 0.839. The molecule has 0 bridgehead atoms. The summed E-state index contributed by atoms with van der Waals surface area (Å²) < 4.78 is 0. The molecule has 1 aliphatic rings. The number of hydrogen-bond donors (Lipinski definition) is 2. The van der Waals surface area contributed by atoms with Crippen LogP contribution in [0.25, 0.3) is 0 Å². The second kappa shape index (κ2) is 7.29. The minimum absolute atomic E-state index is 0.0125. The molecule has 0 radical (unpaired) electrons. The van der Waals surface area contributed by atoms with Crippen LogP contribution in [0.1, 0.15) is 43.7 Å². The SMILES string of the molecule is CN(C(=O)NC(CCCO)c1ccccc1)C1CCC1. The molecule has 0 saturated heterocycles. The van der Waals surface area contributed by atoms with Crippen LogP contribution in [0, 0.1) is 0 Å². The molecule has 1 aliphatic carbocycles. The lowest BCUT2D eigenvalue weighted by molar-refractivity contribution is 0.153. The Labute approximate surface area is 120 Å². The molecule has 1 saturated carbocycles. The second-order valence-electron chi connectivity index (χ2n) is 5.47. The number of aliphatic hydroxyl groups excluding tert-OH is 1. The van der Waals surface area contributed by atoms with E-state index in [4.69, 9.17) is 5.11 Å². The van der Waals surface area contributed by atoms with Crippen molar-refractivity contribution < 1.29 is 9.90 Å². The van der Waals surface area contributed by atoms with E-state index in [2.05, 4.69) is 5.32 Å². The highest BCUT2D eigenvalue weighted by Crippen LogP contribution is 2.24. The molecule has 0 heterocycles. The van der Waals surface area contributed by atoms with Gasteiger partial charge in [-0.1, -0.05) is 30.3 Å². The van der Waals surface area contributed by atoms with Crippen LogP contribution in [-0.2, 0) is 0 Å². The number of hydrogen-bond acceptors (Lipinski definition) is 2. The van der Waals surface area contributed by atoms with Gasteiger partial charge in [-0.2, -0.15) is 0 Å². The van der Waals surface area contributed by atoms with Crippen molar-refractivity contribution in [3.8, 4) is 0 Å². The van der Waals surface area contributed by atoms with Crippen molar-refractivity contribution in [2.45, 2.75) is 44.2 Å². The fourth-order valence-electron chi connectivity index (χ4n) is 2.49. The summed E-state index contributed by atoms with van der Waals surface area (Å²) in [6.07, 6.45) is 4.87. The minimum atomic E-state index is -0.0293. The zero-order chi connectivity index (χ0) is 14.4. The smallest absolute Gasteiger partial charge is 0.317 e. The Balaban J connectivity index is 1.97. The lowest BCUT2D eigenvalue weighted by Gasteiger charge is -2.35. The van der Waals surface area contributed by atoms with Gasteiger partial charge in [-0.3, -0.25) is 0 Å². The molecule has 110 valence electrons. The lowest BCUT2D eigenvalue weighted by Crippen LogP contribution is -2.47. The molecular formula is C16H24N2O2. The molecular weight excluding hydrogens is 252 g/mol. The normalized spacial score (nSPS) is 16.3. The van der Waals surface area contributed by atoms with Gasteiger partial charge in [0, 0.05) is 19.7 Å². The first-order valence-electron chi connectivity index (χ1n) is 7.41. The van der Waals surface area contributed by atoms with Gasteiger partial charge in [0.05, 0.1) is 6.04 Å². The van der Waals surface area contributed by atoms with Crippen molar-refractivity contribution >= 4 is 6.03 Å². The molecule has 4 heteroatoms. The summed E-state index contributed by atoms with van der Waals surface area (Å²) in [5.74, 6) is 0. The van der Waals surface area contributed by atoms with Crippen LogP contribution in [0.4, 0.5) is 4.79 Å². The Morgan fingerprint density at radius 1 is 1.40 bits per heavy atom. The van der Waals surface area contributed by atoms with Gasteiger partial charge in [0.1, 0.15) is 0 Å². The zero-order valence-corrected chi connectivity index (χ0v) is 12.1. The third-order valence-electron chi connectivity index (χ3n) is 4.09. The summed E-state index contributed by atoms with van der Waals surface area (Å²) in [5.41, 5.74) is 1.09. The largest absolute Gasteiger partial charge is 0.396 e. The van der Waals surface area contributed by atoms with E-state index in [0.717, 1.165) is 24.8 Å². The van der Waals surface area contributed by atoms with Crippen LogP contribution in [0.15, 0.2) is 30.3 Å². The molecule has 0 spiro atoms. The molecule has 1 atom stereocenters. The number of nitrogens with zero attached hydrogens (tertiary/aromatic N) is 1. The Hall–Kier alpha value is -1.55. The predicted molar refractivity (Wildman–Crippen MR) is 79.4 cm³/mol. The first-order chi connectivity index (χ1) is 9.72. The highest BCUT2D eigenvalue weighted by molar-refractivity contribution is 5.74. The van der Waals surface area contributed by atoms with Gasteiger partial charge < -0.3 is 15.3 Å². The van der Waals surface area contributed by atoms with Crippen molar-refractivity contribution in [3.05, 3.63) is 35.9 Å². The van der Waals surface area contributed by atoms with Crippen LogP contribution in [0.5, 0.6) is 0 Å². The Kier molecular flexibility index (Phi) is 5.41. The van der Waals surface area contributed by atoms with Crippen molar-refractivity contribution in [1.82, 2.24) is 10.2 Å². The molecule has 2 N–H and O–H groups in total. The van der Waals surface area contributed by atoms with Gasteiger partial charge in [-0.15, -0.1) is 0 Å². The van der Waals surface area contributed by atoms with Crippen LogP contribution >= 0.6 is 0 Å². The fraction of sp³-hybridized carbons (Fsp3) is 0.562. The molecule has 1 aromatic rings. The van der Waals surface area contributed by atoms with Crippen LogP contribution in [0.3, 0.4) is 0 Å². The maximum atomic E-state index is 12.3. The van der Waals surface area contributed by atoms with E-state index in [9.17, 15) is 4.79 Å². The fourth-order valence-corrected chi connectivity index (χ4v) is 2.49. The number of amides is 2. The number of benzene rings is 1. The molecule has 1 aromatic carbocycles. The molecule has 1 unspecified atom stereocenters.